The van der Waals surface area contributed by atoms with Crippen LogP contribution >= 0.6 is 0 Å². The van der Waals surface area contributed by atoms with Gasteiger partial charge < -0.3 is 34.2 Å². The largest absolute Gasteiger partial charge is 0.459 e. The average Bonchev–Trinajstić information content (AvgIpc) is 3.26. The Morgan fingerprint density at radius 1 is 0.951 bits per heavy atom. The zero-order valence-corrected chi connectivity index (χ0v) is 36.9. The third-order valence-corrected chi connectivity index (χ3v) is 12.8. The van der Waals surface area contributed by atoms with Crippen LogP contribution in [0.15, 0.2) is 71.9 Å². The molecule has 0 aromatic heterocycles. The summed E-state index contributed by atoms with van der Waals surface area (Å²) in [6, 6.07) is 11.3. The first-order valence-corrected chi connectivity index (χ1v) is 23.1. The van der Waals surface area contributed by atoms with Gasteiger partial charge in [0.05, 0.1) is 29.2 Å². The molecule has 336 valence electrons. The van der Waals surface area contributed by atoms with Crippen molar-refractivity contribution in [3.05, 3.63) is 82.4 Å². The van der Waals surface area contributed by atoms with Gasteiger partial charge in [-0.3, -0.25) is 14.9 Å². The van der Waals surface area contributed by atoms with E-state index < -0.39 is 22.7 Å². The van der Waals surface area contributed by atoms with Crippen LogP contribution in [0.2, 0.25) is 0 Å². The maximum absolute atomic E-state index is 14.6. The van der Waals surface area contributed by atoms with E-state index >= 15 is 0 Å². The van der Waals surface area contributed by atoms with E-state index in [2.05, 4.69) is 26.5 Å². The number of allylic oxidation sites excluding steroid dienone is 1. The average molecular weight is 846 g/mol. The predicted octanol–water partition coefficient (Wildman–Crippen LogP) is 10.8. The monoisotopic (exact) mass is 846 g/mol. The number of hydrogen-bond donors (Lipinski definition) is 2. The van der Waals surface area contributed by atoms with Crippen LogP contribution in [0.25, 0.3) is 0 Å². The van der Waals surface area contributed by atoms with Crippen molar-refractivity contribution in [1.82, 2.24) is 4.90 Å². The Balaban J connectivity index is 1.62. The minimum atomic E-state index is -1.32. The Bertz CT molecular complexity index is 1780. The molecule has 1 heterocycles. The second kappa shape index (κ2) is 24.4. The lowest BCUT2D eigenvalue weighted by molar-refractivity contribution is -0.384. The van der Waals surface area contributed by atoms with Crippen LogP contribution in [0, 0.1) is 27.9 Å². The number of nitro benzene ring substituents is 1. The third-order valence-electron chi connectivity index (χ3n) is 12.8. The number of ether oxygens (including phenoxy) is 3. The summed E-state index contributed by atoms with van der Waals surface area (Å²) in [6.07, 6.45) is 20.7. The number of amides is 1. The number of nitrogens with zero attached hydrogens (tertiary/aromatic N) is 3. The highest BCUT2D eigenvalue weighted by Gasteiger charge is 2.65. The van der Waals surface area contributed by atoms with Crippen LogP contribution in [0.4, 0.5) is 5.69 Å². The first kappa shape index (κ1) is 47.8. The fourth-order valence-electron chi connectivity index (χ4n) is 10.0. The van der Waals surface area contributed by atoms with E-state index in [0.717, 1.165) is 68.2 Å². The van der Waals surface area contributed by atoms with Crippen molar-refractivity contribution in [1.29, 1.82) is 0 Å². The molecule has 61 heavy (non-hydrogen) atoms. The van der Waals surface area contributed by atoms with Crippen molar-refractivity contribution in [2.75, 3.05) is 33.5 Å². The van der Waals surface area contributed by atoms with Gasteiger partial charge in [0.15, 0.2) is 0 Å². The van der Waals surface area contributed by atoms with Gasteiger partial charge in [-0.05, 0) is 80.2 Å². The second-order valence-electron chi connectivity index (χ2n) is 17.0. The van der Waals surface area contributed by atoms with E-state index in [4.69, 9.17) is 24.2 Å². The molecule has 2 aromatic rings. The smallest absolute Gasteiger partial charge is 0.273 e. The van der Waals surface area contributed by atoms with Crippen molar-refractivity contribution >= 4 is 17.3 Å². The topological polar surface area (TPSA) is 153 Å². The molecule has 3 aliphatic rings. The van der Waals surface area contributed by atoms with E-state index in [-0.39, 0.29) is 49.2 Å². The van der Waals surface area contributed by atoms with Crippen LogP contribution in [0.1, 0.15) is 141 Å². The van der Waals surface area contributed by atoms with E-state index in [1.54, 1.807) is 25.3 Å². The summed E-state index contributed by atoms with van der Waals surface area (Å²) < 4.78 is 20.7. The zero-order valence-electron chi connectivity index (χ0n) is 36.9. The summed E-state index contributed by atoms with van der Waals surface area (Å²) in [5.41, 5.74) is 2.58. The molecule has 0 radical (unpaired) electrons. The fraction of sp³-hybridized carbons (Fsp3) is 0.633. The molecule has 0 unspecified atom stereocenters. The molecule has 0 bridgehead atoms. The first-order valence-electron chi connectivity index (χ1n) is 23.1. The summed E-state index contributed by atoms with van der Waals surface area (Å²) in [6.45, 7) is 9.26. The van der Waals surface area contributed by atoms with Crippen molar-refractivity contribution in [3.8, 4) is 17.2 Å². The van der Waals surface area contributed by atoms with Crippen molar-refractivity contribution in [2.24, 2.45) is 22.9 Å². The molecule has 2 N–H and O–H groups in total. The molecular formula is C49H71N3O9. The van der Waals surface area contributed by atoms with Gasteiger partial charge in [-0.25, -0.2) is 0 Å². The number of benzene rings is 2. The number of carbonyl (C=O) groups is 1. The zero-order chi connectivity index (χ0) is 43.6. The van der Waals surface area contributed by atoms with Gasteiger partial charge in [-0.1, -0.05) is 101 Å². The lowest BCUT2D eigenvalue weighted by Crippen LogP contribution is -2.70. The molecule has 2 aliphatic carbocycles. The second-order valence-corrected chi connectivity index (χ2v) is 17.0. The van der Waals surface area contributed by atoms with Crippen LogP contribution < -0.4 is 9.47 Å². The van der Waals surface area contributed by atoms with Gasteiger partial charge in [0.1, 0.15) is 30.4 Å². The molecule has 12 nitrogen and oxygen atoms in total. The van der Waals surface area contributed by atoms with Crippen LogP contribution in [0.3, 0.4) is 0 Å². The summed E-state index contributed by atoms with van der Waals surface area (Å²) in [5.74, 6) is -0.259. The highest BCUT2D eigenvalue weighted by molar-refractivity contribution is 6.03. The van der Waals surface area contributed by atoms with E-state index in [1.165, 1.54) is 50.7 Å². The number of hydrogen-bond acceptors (Lipinski definition) is 10. The molecule has 2 aromatic carbocycles. The van der Waals surface area contributed by atoms with Gasteiger partial charge in [0.25, 0.3) is 5.69 Å². The predicted molar refractivity (Wildman–Crippen MR) is 239 cm³/mol. The van der Waals surface area contributed by atoms with Gasteiger partial charge in [0.2, 0.25) is 11.7 Å². The third kappa shape index (κ3) is 12.0. The molecule has 12 heteroatoms. The van der Waals surface area contributed by atoms with Gasteiger partial charge >= 0.3 is 0 Å². The van der Waals surface area contributed by atoms with Crippen LogP contribution in [-0.2, 0) is 14.4 Å². The standard InChI is InChI=1S/C49H71N3O9/c1-5-8-9-10-11-12-13-14-15-25-46(55)51(28-6-2)45-35-43(50-58-4)41-32-36(21-16-18-29-53)40(24-17-19-30-54)47-42-34-39(60-38-23-20-22-37(33-38)52(56)57)26-27-44(42)61-49(45,48(41)47)59-31-7-3/h7,20,22-23,26-27,32-34,36,40,45,47-48,53-54H,3,5-6,8-19,21,24-25,28-31,35H2,1-2,4H3/t36-,40+,45-,47+,48+,49+/m0/s1. The quantitative estimate of drug-likeness (QED) is 0.0369. The molecular weight excluding hydrogens is 775 g/mol. The van der Waals surface area contributed by atoms with E-state index in [0.29, 0.717) is 49.5 Å². The number of nitro groups is 1. The summed E-state index contributed by atoms with van der Waals surface area (Å²) in [5, 5.41) is 36.1. The maximum atomic E-state index is 14.6. The lowest BCUT2D eigenvalue weighted by Gasteiger charge is -2.60. The number of unbranched alkanes of at least 4 members (excludes halogenated alkanes) is 10. The summed E-state index contributed by atoms with van der Waals surface area (Å²) in [4.78, 5) is 33.4. The van der Waals surface area contributed by atoms with Crippen LogP contribution in [0.5, 0.6) is 17.2 Å². The molecule has 6 atom stereocenters. The van der Waals surface area contributed by atoms with Crippen molar-refractivity contribution in [3.63, 3.8) is 0 Å². The molecule has 1 amide bonds. The Labute approximate surface area is 363 Å². The van der Waals surface area contributed by atoms with Crippen LogP contribution in [-0.4, -0.2) is 77.0 Å². The van der Waals surface area contributed by atoms with Gasteiger partial charge in [-0.15, -0.1) is 6.58 Å². The summed E-state index contributed by atoms with van der Waals surface area (Å²) in [7, 11) is 1.55. The van der Waals surface area contributed by atoms with E-state index in [1.807, 2.05) is 23.1 Å². The molecule has 1 fully saturated rings. The number of non-ortho nitro benzene ring substituents is 1. The van der Waals surface area contributed by atoms with E-state index in [9.17, 15) is 25.1 Å². The fourth-order valence-corrected chi connectivity index (χ4v) is 10.0. The molecule has 1 saturated carbocycles. The van der Waals surface area contributed by atoms with Gasteiger partial charge in [0, 0.05) is 50.1 Å². The molecule has 1 aliphatic heterocycles. The highest BCUT2D eigenvalue weighted by atomic mass is 16.7. The number of oxime groups is 1. The Morgan fingerprint density at radius 3 is 2.33 bits per heavy atom. The first-order chi connectivity index (χ1) is 29.8. The maximum Gasteiger partial charge on any atom is 0.273 e. The summed E-state index contributed by atoms with van der Waals surface area (Å²) >= 11 is 0. The van der Waals surface area contributed by atoms with Crippen molar-refractivity contribution < 1.29 is 39.0 Å². The number of fused-ring (bicyclic) bond motifs is 2. The number of rotatable bonds is 28. The van der Waals surface area contributed by atoms with Crippen molar-refractivity contribution in [2.45, 2.75) is 147 Å². The molecule has 0 spiro atoms. The Hall–Kier alpha value is -4.26. The number of aliphatic hydroxyl groups is 2. The minimum absolute atomic E-state index is 0.0567. The Morgan fingerprint density at radius 2 is 1.66 bits per heavy atom. The molecule has 0 saturated heterocycles. The number of aliphatic hydroxyl groups excluding tert-OH is 2. The Kier molecular flexibility index (Phi) is 19.1. The normalized spacial score (nSPS) is 23.3. The highest BCUT2D eigenvalue weighted by Crippen LogP contribution is 2.62. The molecule has 5 rings (SSSR count). The SMILES string of the molecule is C=CCO[C@@]12Oc3ccc(Oc4cccc([N+](=O)[O-])c4)cc3[C@H]3[C@H](CCCCO)[C@@H](CCCCO)C=C(C(=NOC)C[C@@H]1N(CCC)C(=O)CCCCCCCCCCC)[C@H]32. The number of carbonyl (C=O) groups excluding carboxylic acids is 1. The lowest BCUT2D eigenvalue weighted by atomic mass is 9.55. The van der Waals surface area contributed by atoms with Gasteiger partial charge in [-0.2, -0.15) is 0 Å². The minimum Gasteiger partial charge on any atom is -0.459 e.